The van der Waals surface area contributed by atoms with Crippen molar-refractivity contribution in [2.24, 2.45) is 0 Å². The largest absolute Gasteiger partial charge is 0.444 e. The summed E-state index contributed by atoms with van der Waals surface area (Å²) >= 11 is 12.1. The van der Waals surface area contributed by atoms with E-state index in [2.05, 4.69) is 10.3 Å². The zero-order chi connectivity index (χ0) is 12.4. The Morgan fingerprint density at radius 2 is 1.88 bits per heavy atom. The average Bonchev–Trinajstić information content (AvgIpc) is 2.58. The number of aromatic nitrogens is 1. The van der Waals surface area contributed by atoms with Crippen LogP contribution in [0.15, 0.2) is 22.6 Å². The number of rotatable bonds is 3. The van der Waals surface area contributed by atoms with Crippen LogP contribution in [-0.2, 0) is 6.54 Å². The summed E-state index contributed by atoms with van der Waals surface area (Å²) in [6.45, 7) is 4.25. The van der Waals surface area contributed by atoms with Crippen LogP contribution in [0.1, 0.15) is 17.3 Å². The summed E-state index contributed by atoms with van der Waals surface area (Å²) in [6.07, 6.45) is 0. The molecule has 0 aliphatic rings. The number of aryl methyl sites for hydroxylation is 2. The van der Waals surface area contributed by atoms with Crippen molar-refractivity contribution in [2.75, 3.05) is 5.32 Å². The topological polar surface area (TPSA) is 38.1 Å². The summed E-state index contributed by atoms with van der Waals surface area (Å²) in [5.41, 5.74) is 1.59. The molecule has 0 saturated heterocycles. The van der Waals surface area contributed by atoms with Crippen molar-refractivity contribution in [1.82, 2.24) is 4.98 Å². The molecular formula is C12H12Cl2N2O. The van der Waals surface area contributed by atoms with E-state index in [4.69, 9.17) is 27.6 Å². The van der Waals surface area contributed by atoms with E-state index < -0.39 is 0 Å². The van der Waals surface area contributed by atoms with E-state index in [1.54, 1.807) is 18.2 Å². The van der Waals surface area contributed by atoms with E-state index in [0.29, 0.717) is 28.2 Å². The first kappa shape index (κ1) is 12.3. The molecule has 5 heteroatoms. The predicted molar refractivity (Wildman–Crippen MR) is 69.8 cm³/mol. The highest BCUT2D eigenvalue weighted by atomic mass is 35.5. The lowest BCUT2D eigenvalue weighted by molar-refractivity contribution is 0.478. The minimum atomic E-state index is 0.456. The second-order valence-electron chi connectivity index (χ2n) is 3.70. The second-order valence-corrected chi connectivity index (χ2v) is 4.51. The molecule has 1 aromatic carbocycles. The third-order valence-electron chi connectivity index (χ3n) is 2.45. The average molecular weight is 271 g/mol. The van der Waals surface area contributed by atoms with Crippen molar-refractivity contribution >= 4 is 28.9 Å². The maximum Gasteiger partial charge on any atom is 0.213 e. The number of hydrogen-bond acceptors (Lipinski definition) is 3. The highest BCUT2D eigenvalue weighted by molar-refractivity contribution is 6.39. The lowest BCUT2D eigenvalue weighted by atomic mass is 10.3. The van der Waals surface area contributed by atoms with Crippen molar-refractivity contribution in [3.63, 3.8) is 0 Å². The number of nitrogens with one attached hydrogen (secondary N) is 1. The molecule has 0 bridgehead atoms. The van der Waals surface area contributed by atoms with Crippen LogP contribution >= 0.6 is 23.2 Å². The first-order valence-electron chi connectivity index (χ1n) is 5.18. The molecule has 1 N–H and O–H groups in total. The summed E-state index contributed by atoms with van der Waals surface area (Å²) < 4.78 is 5.46. The number of nitrogens with zero attached hydrogens (tertiary/aromatic N) is 1. The molecule has 3 nitrogen and oxygen atoms in total. The van der Waals surface area contributed by atoms with Crippen molar-refractivity contribution in [3.05, 3.63) is 45.6 Å². The normalized spacial score (nSPS) is 10.6. The quantitative estimate of drug-likeness (QED) is 0.908. The van der Waals surface area contributed by atoms with Gasteiger partial charge in [-0.3, -0.25) is 0 Å². The van der Waals surface area contributed by atoms with Crippen molar-refractivity contribution < 1.29 is 4.42 Å². The molecule has 2 aromatic rings. The van der Waals surface area contributed by atoms with Gasteiger partial charge in [0.1, 0.15) is 5.76 Å². The minimum absolute atomic E-state index is 0.456. The van der Waals surface area contributed by atoms with E-state index in [9.17, 15) is 0 Å². The van der Waals surface area contributed by atoms with Gasteiger partial charge < -0.3 is 9.73 Å². The van der Waals surface area contributed by atoms with Gasteiger partial charge in [-0.15, -0.1) is 0 Å². The number of anilines is 1. The van der Waals surface area contributed by atoms with Gasteiger partial charge in [0.15, 0.2) is 0 Å². The lowest BCUT2D eigenvalue weighted by Crippen LogP contribution is -2.00. The highest BCUT2D eigenvalue weighted by Crippen LogP contribution is 2.30. The van der Waals surface area contributed by atoms with Crippen LogP contribution in [0.3, 0.4) is 0 Å². The molecule has 1 heterocycles. The number of benzene rings is 1. The first-order valence-corrected chi connectivity index (χ1v) is 5.94. The van der Waals surface area contributed by atoms with Gasteiger partial charge in [0.25, 0.3) is 0 Å². The van der Waals surface area contributed by atoms with E-state index >= 15 is 0 Å². The lowest BCUT2D eigenvalue weighted by Gasteiger charge is -2.07. The number of hydrogen-bond donors (Lipinski definition) is 1. The van der Waals surface area contributed by atoms with Gasteiger partial charge in [0.2, 0.25) is 5.89 Å². The molecule has 0 saturated carbocycles. The molecule has 0 aliphatic heterocycles. The van der Waals surface area contributed by atoms with Crippen LogP contribution in [0.2, 0.25) is 10.0 Å². The molecular weight excluding hydrogens is 259 g/mol. The van der Waals surface area contributed by atoms with E-state index in [1.165, 1.54) is 0 Å². The van der Waals surface area contributed by atoms with Crippen molar-refractivity contribution in [2.45, 2.75) is 20.4 Å². The van der Waals surface area contributed by atoms with Crippen LogP contribution in [-0.4, -0.2) is 4.98 Å². The van der Waals surface area contributed by atoms with Crippen LogP contribution in [0, 0.1) is 13.8 Å². The van der Waals surface area contributed by atoms with Gasteiger partial charge in [-0.25, -0.2) is 4.98 Å². The Hall–Kier alpha value is -1.19. The van der Waals surface area contributed by atoms with Crippen LogP contribution in [0.25, 0.3) is 0 Å². The van der Waals surface area contributed by atoms with Gasteiger partial charge in [-0.1, -0.05) is 29.3 Å². The zero-order valence-corrected chi connectivity index (χ0v) is 11.1. The van der Waals surface area contributed by atoms with Crippen molar-refractivity contribution in [1.29, 1.82) is 0 Å². The molecule has 90 valence electrons. The molecule has 0 spiro atoms. The molecule has 0 atom stereocenters. The Kier molecular flexibility index (Phi) is 3.60. The third-order valence-corrected chi connectivity index (χ3v) is 3.08. The Morgan fingerprint density at radius 3 is 2.41 bits per heavy atom. The van der Waals surface area contributed by atoms with Crippen LogP contribution in [0.5, 0.6) is 0 Å². The fourth-order valence-electron chi connectivity index (χ4n) is 1.45. The van der Waals surface area contributed by atoms with Gasteiger partial charge in [0.05, 0.1) is 28.0 Å². The standard InChI is InChI=1S/C12H12Cl2N2O/c1-7-8(2)17-11(16-7)6-15-12-9(13)4-3-5-10(12)14/h3-5,15H,6H2,1-2H3. The molecule has 0 aliphatic carbocycles. The molecule has 0 fully saturated rings. The zero-order valence-electron chi connectivity index (χ0n) is 9.55. The second kappa shape index (κ2) is 4.98. The Labute approximate surface area is 110 Å². The van der Waals surface area contributed by atoms with Crippen molar-refractivity contribution in [3.8, 4) is 0 Å². The third kappa shape index (κ3) is 2.73. The molecule has 1 aromatic heterocycles. The van der Waals surface area contributed by atoms with E-state index in [-0.39, 0.29) is 0 Å². The molecule has 17 heavy (non-hydrogen) atoms. The van der Waals surface area contributed by atoms with Gasteiger partial charge in [0, 0.05) is 0 Å². The molecule has 2 rings (SSSR count). The highest BCUT2D eigenvalue weighted by Gasteiger charge is 2.08. The summed E-state index contributed by atoms with van der Waals surface area (Å²) in [7, 11) is 0. The smallest absolute Gasteiger partial charge is 0.213 e. The molecule has 0 radical (unpaired) electrons. The molecule has 0 amide bonds. The first-order chi connectivity index (χ1) is 8.08. The summed E-state index contributed by atoms with van der Waals surface area (Å²) in [5.74, 6) is 1.45. The number of para-hydroxylation sites is 1. The number of oxazole rings is 1. The fourth-order valence-corrected chi connectivity index (χ4v) is 1.98. The van der Waals surface area contributed by atoms with E-state index in [1.807, 2.05) is 13.8 Å². The van der Waals surface area contributed by atoms with Gasteiger partial charge in [-0.2, -0.15) is 0 Å². The SMILES string of the molecule is Cc1nc(CNc2c(Cl)cccc2Cl)oc1C. The summed E-state index contributed by atoms with van der Waals surface area (Å²) in [4.78, 5) is 4.27. The molecule has 0 unspecified atom stereocenters. The fraction of sp³-hybridized carbons (Fsp3) is 0.250. The maximum absolute atomic E-state index is 6.03. The summed E-state index contributed by atoms with van der Waals surface area (Å²) in [5, 5.41) is 4.28. The Morgan fingerprint density at radius 1 is 1.24 bits per heavy atom. The van der Waals surface area contributed by atoms with E-state index in [0.717, 1.165) is 11.5 Å². The Bertz CT molecular complexity index is 498. The van der Waals surface area contributed by atoms with Gasteiger partial charge >= 0.3 is 0 Å². The maximum atomic E-state index is 6.03. The van der Waals surface area contributed by atoms with Crippen LogP contribution in [0.4, 0.5) is 5.69 Å². The Balaban J connectivity index is 2.12. The van der Waals surface area contributed by atoms with Crippen LogP contribution < -0.4 is 5.32 Å². The predicted octanol–water partition coefficient (Wildman–Crippen LogP) is 4.21. The monoisotopic (exact) mass is 270 g/mol. The summed E-state index contributed by atoms with van der Waals surface area (Å²) in [6, 6.07) is 5.36. The number of halogens is 2. The van der Waals surface area contributed by atoms with Gasteiger partial charge in [-0.05, 0) is 26.0 Å². The minimum Gasteiger partial charge on any atom is -0.444 e.